The lowest BCUT2D eigenvalue weighted by Crippen LogP contribution is -2.44. The van der Waals surface area contributed by atoms with Crippen molar-refractivity contribution in [1.82, 2.24) is 10.2 Å². The van der Waals surface area contributed by atoms with Gasteiger partial charge in [-0.25, -0.2) is 0 Å². The Bertz CT molecular complexity index is 446. The number of β-amino-alcohol motifs (C(OH)–C–C–N with tert-alkyl or cyclic N) is 1. The Kier molecular flexibility index (Phi) is 5.25. The number of nitrogens with one attached hydrogen (secondary N) is 1. The van der Waals surface area contributed by atoms with Crippen LogP contribution in [0.15, 0.2) is 24.3 Å². The number of benzene rings is 1. The molecule has 1 fully saturated rings. The highest BCUT2D eigenvalue weighted by Crippen LogP contribution is 2.18. The van der Waals surface area contributed by atoms with E-state index in [1.165, 1.54) is 11.1 Å². The largest absolute Gasteiger partial charge is 0.390 e. The number of hydrogen-bond donors (Lipinski definition) is 2. The molecule has 0 saturated carbocycles. The van der Waals surface area contributed by atoms with Crippen LogP contribution in [0.2, 0.25) is 0 Å². The second-order valence-electron chi connectivity index (χ2n) is 6.20. The Balaban J connectivity index is 1.42. The first-order valence-electron chi connectivity index (χ1n) is 8.09. The van der Waals surface area contributed by atoms with E-state index in [1.54, 1.807) is 0 Å². The van der Waals surface area contributed by atoms with Crippen molar-refractivity contribution in [3.8, 4) is 0 Å². The van der Waals surface area contributed by atoms with Crippen LogP contribution in [0.25, 0.3) is 0 Å². The average Bonchev–Trinajstić information content (AvgIpc) is 2.54. The summed E-state index contributed by atoms with van der Waals surface area (Å²) in [5.41, 5.74) is 2.87. The van der Waals surface area contributed by atoms with Crippen LogP contribution >= 0.6 is 0 Å². The van der Waals surface area contributed by atoms with Crippen molar-refractivity contribution in [2.45, 2.75) is 38.0 Å². The van der Waals surface area contributed by atoms with Crippen LogP contribution in [0.5, 0.6) is 0 Å². The van der Waals surface area contributed by atoms with E-state index >= 15 is 0 Å². The van der Waals surface area contributed by atoms with Gasteiger partial charge in [0.2, 0.25) is 0 Å². The summed E-state index contributed by atoms with van der Waals surface area (Å²) in [7, 11) is 0. The number of rotatable bonds is 5. The van der Waals surface area contributed by atoms with Crippen LogP contribution < -0.4 is 5.32 Å². The van der Waals surface area contributed by atoms with Crippen molar-refractivity contribution < 1.29 is 9.84 Å². The first-order chi connectivity index (χ1) is 10.3. The molecule has 1 saturated heterocycles. The monoisotopic (exact) mass is 290 g/mol. The maximum atomic E-state index is 10.2. The molecule has 0 spiro atoms. The number of aliphatic hydroxyl groups is 1. The minimum atomic E-state index is -0.293. The van der Waals surface area contributed by atoms with Gasteiger partial charge in [-0.3, -0.25) is 4.90 Å². The lowest BCUT2D eigenvalue weighted by atomic mass is 10.00. The number of fused-ring (bicyclic) bond motifs is 1. The zero-order valence-electron chi connectivity index (χ0n) is 12.6. The molecule has 0 bridgehead atoms. The third-order valence-corrected chi connectivity index (χ3v) is 4.54. The Morgan fingerprint density at radius 2 is 2.00 bits per heavy atom. The molecule has 0 radical (unpaired) electrons. The van der Waals surface area contributed by atoms with Crippen LogP contribution in [-0.4, -0.2) is 55.0 Å². The summed E-state index contributed by atoms with van der Waals surface area (Å²) in [6.45, 7) is 5.14. The Hall–Kier alpha value is -0.940. The zero-order chi connectivity index (χ0) is 14.5. The van der Waals surface area contributed by atoms with Crippen LogP contribution in [-0.2, 0) is 17.7 Å². The molecular weight excluding hydrogens is 264 g/mol. The van der Waals surface area contributed by atoms with E-state index in [-0.39, 0.29) is 6.10 Å². The van der Waals surface area contributed by atoms with Crippen molar-refractivity contribution in [2.24, 2.45) is 0 Å². The summed E-state index contributed by atoms with van der Waals surface area (Å²) in [6, 6.07) is 9.15. The molecule has 116 valence electrons. The van der Waals surface area contributed by atoms with E-state index in [0.717, 1.165) is 52.1 Å². The van der Waals surface area contributed by atoms with Crippen molar-refractivity contribution in [3.63, 3.8) is 0 Å². The Morgan fingerprint density at radius 1 is 1.24 bits per heavy atom. The minimum Gasteiger partial charge on any atom is -0.390 e. The van der Waals surface area contributed by atoms with E-state index in [1.807, 2.05) is 0 Å². The highest BCUT2D eigenvalue weighted by Gasteiger charge is 2.19. The highest BCUT2D eigenvalue weighted by molar-refractivity contribution is 5.29. The summed E-state index contributed by atoms with van der Waals surface area (Å²) >= 11 is 0. The Morgan fingerprint density at radius 3 is 2.81 bits per heavy atom. The van der Waals surface area contributed by atoms with Crippen LogP contribution in [0, 0.1) is 0 Å². The third kappa shape index (κ3) is 4.27. The van der Waals surface area contributed by atoms with Gasteiger partial charge >= 0.3 is 0 Å². The molecule has 3 rings (SSSR count). The van der Waals surface area contributed by atoms with Crippen molar-refractivity contribution in [2.75, 3.05) is 32.8 Å². The van der Waals surface area contributed by atoms with Crippen LogP contribution in [0.1, 0.15) is 24.0 Å². The maximum absolute atomic E-state index is 10.2. The van der Waals surface area contributed by atoms with Gasteiger partial charge in [-0.15, -0.1) is 0 Å². The number of ether oxygens (including phenoxy) is 1. The van der Waals surface area contributed by atoms with E-state index in [0.29, 0.717) is 12.6 Å². The number of nitrogens with zero attached hydrogens (tertiary/aromatic N) is 1. The summed E-state index contributed by atoms with van der Waals surface area (Å²) in [6.07, 6.45) is 2.92. The molecule has 1 atom stereocenters. The SMILES string of the molecule is OC(CNC1CCOCC1)CN1CCc2ccccc2C1. The van der Waals surface area contributed by atoms with Gasteiger partial charge in [0, 0.05) is 45.4 Å². The molecule has 1 aromatic rings. The summed E-state index contributed by atoms with van der Waals surface area (Å²) in [5, 5.41) is 13.7. The van der Waals surface area contributed by atoms with E-state index in [9.17, 15) is 5.11 Å². The van der Waals surface area contributed by atoms with Gasteiger partial charge in [-0.05, 0) is 30.4 Å². The standard InChI is InChI=1S/C17H26N2O2/c20-17(11-18-16-6-9-21-10-7-16)13-19-8-5-14-3-1-2-4-15(14)12-19/h1-4,16-18,20H,5-13H2. The molecule has 0 aromatic heterocycles. The fraction of sp³-hybridized carbons (Fsp3) is 0.647. The van der Waals surface area contributed by atoms with Gasteiger partial charge in [-0.2, -0.15) is 0 Å². The molecule has 2 heterocycles. The van der Waals surface area contributed by atoms with Crippen LogP contribution in [0.3, 0.4) is 0 Å². The topological polar surface area (TPSA) is 44.7 Å². The quantitative estimate of drug-likeness (QED) is 0.854. The minimum absolute atomic E-state index is 0.293. The fourth-order valence-corrected chi connectivity index (χ4v) is 3.28. The molecule has 2 aliphatic heterocycles. The molecule has 0 amide bonds. The zero-order valence-corrected chi connectivity index (χ0v) is 12.6. The lowest BCUT2D eigenvalue weighted by Gasteiger charge is -2.31. The molecule has 0 aliphatic carbocycles. The van der Waals surface area contributed by atoms with Crippen LogP contribution in [0.4, 0.5) is 0 Å². The molecule has 4 heteroatoms. The second-order valence-corrected chi connectivity index (χ2v) is 6.20. The molecule has 1 aromatic carbocycles. The summed E-state index contributed by atoms with van der Waals surface area (Å²) in [4.78, 5) is 2.36. The highest BCUT2D eigenvalue weighted by atomic mass is 16.5. The molecular formula is C17H26N2O2. The summed E-state index contributed by atoms with van der Waals surface area (Å²) in [5.74, 6) is 0. The van der Waals surface area contributed by atoms with E-state index in [2.05, 4.69) is 34.5 Å². The van der Waals surface area contributed by atoms with Crippen molar-refractivity contribution in [1.29, 1.82) is 0 Å². The normalized spacial score (nSPS) is 22.0. The van der Waals surface area contributed by atoms with E-state index < -0.39 is 0 Å². The van der Waals surface area contributed by atoms with Gasteiger partial charge in [-0.1, -0.05) is 24.3 Å². The number of hydrogen-bond acceptors (Lipinski definition) is 4. The van der Waals surface area contributed by atoms with Gasteiger partial charge in [0.15, 0.2) is 0 Å². The summed E-state index contributed by atoms with van der Waals surface area (Å²) < 4.78 is 5.35. The van der Waals surface area contributed by atoms with Crippen molar-refractivity contribution in [3.05, 3.63) is 35.4 Å². The third-order valence-electron chi connectivity index (χ3n) is 4.54. The van der Waals surface area contributed by atoms with Crippen molar-refractivity contribution >= 4 is 0 Å². The predicted molar refractivity (Wildman–Crippen MR) is 83.3 cm³/mol. The second kappa shape index (κ2) is 7.36. The maximum Gasteiger partial charge on any atom is 0.0791 e. The van der Waals surface area contributed by atoms with Gasteiger partial charge < -0.3 is 15.2 Å². The first-order valence-corrected chi connectivity index (χ1v) is 8.09. The first kappa shape index (κ1) is 15.0. The molecule has 2 aliphatic rings. The molecule has 4 nitrogen and oxygen atoms in total. The molecule has 21 heavy (non-hydrogen) atoms. The Labute approximate surface area is 127 Å². The van der Waals surface area contributed by atoms with Gasteiger partial charge in [0.05, 0.1) is 6.10 Å². The molecule has 2 N–H and O–H groups in total. The van der Waals surface area contributed by atoms with Gasteiger partial charge in [0.25, 0.3) is 0 Å². The van der Waals surface area contributed by atoms with Gasteiger partial charge in [0.1, 0.15) is 0 Å². The lowest BCUT2D eigenvalue weighted by molar-refractivity contribution is 0.0657. The smallest absolute Gasteiger partial charge is 0.0791 e. The fourth-order valence-electron chi connectivity index (χ4n) is 3.28. The predicted octanol–water partition coefficient (Wildman–Crippen LogP) is 1.17. The number of aliphatic hydroxyl groups excluding tert-OH is 1. The van der Waals surface area contributed by atoms with E-state index in [4.69, 9.17) is 4.74 Å². The average molecular weight is 290 g/mol. The molecule has 1 unspecified atom stereocenters.